The van der Waals surface area contributed by atoms with Crippen molar-refractivity contribution in [1.82, 2.24) is 0 Å². The van der Waals surface area contributed by atoms with E-state index < -0.39 is 17.2 Å². The largest absolute Gasteiger partial charge is 0.370 e. The number of amides is 1. The number of anilines is 1. The van der Waals surface area contributed by atoms with Crippen LogP contribution in [0.3, 0.4) is 0 Å². The van der Waals surface area contributed by atoms with Crippen molar-refractivity contribution >= 4 is 22.9 Å². The van der Waals surface area contributed by atoms with Crippen LogP contribution in [0, 0.1) is 0 Å². The van der Waals surface area contributed by atoms with Gasteiger partial charge in [-0.05, 0) is 18.1 Å². The highest BCUT2D eigenvalue weighted by molar-refractivity contribution is 7.80. The van der Waals surface area contributed by atoms with Crippen molar-refractivity contribution in [1.29, 1.82) is 0 Å². The SMILES string of the molecule is NC(=O)CCc1ccccc1NS(=O)O. The Morgan fingerprint density at radius 3 is 2.73 bits per heavy atom. The Morgan fingerprint density at radius 2 is 2.13 bits per heavy atom. The van der Waals surface area contributed by atoms with Gasteiger partial charge in [0.15, 0.2) is 0 Å². The molecule has 4 N–H and O–H groups in total. The van der Waals surface area contributed by atoms with E-state index in [1.807, 2.05) is 0 Å². The molecule has 0 aliphatic carbocycles. The molecule has 1 amide bonds. The Balaban J connectivity index is 2.76. The van der Waals surface area contributed by atoms with Gasteiger partial charge in [0.05, 0.1) is 5.69 Å². The van der Waals surface area contributed by atoms with Crippen LogP contribution in [0.5, 0.6) is 0 Å². The van der Waals surface area contributed by atoms with Crippen molar-refractivity contribution in [3.05, 3.63) is 29.8 Å². The third-order valence-corrected chi connectivity index (χ3v) is 2.25. The van der Waals surface area contributed by atoms with Gasteiger partial charge in [-0.25, -0.2) is 4.21 Å². The molecule has 1 rings (SSSR count). The van der Waals surface area contributed by atoms with Crippen LogP contribution in [0.25, 0.3) is 0 Å². The summed E-state index contributed by atoms with van der Waals surface area (Å²) in [4.78, 5) is 10.6. The molecular weight excluding hydrogens is 216 g/mol. The van der Waals surface area contributed by atoms with Crippen LogP contribution in [0.15, 0.2) is 24.3 Å². The maximum absolute atomic E-state index is 10.6. The lowest BCUT2D eigenvalue weighted by Gasteiger charge is -2.07. The zero-order valence-electron chi connectivity index (χ0n) is 7.97. The van der Waals surface area contributed by atoms with E-state index in [0.29, 0.717) is 12.1 Å². The lowest BCUT2D eigenvalue weighted by Crippen LogP contribution is -2.12. The van der Waals surface area contributed by atoms with Crippen LogP contribution in [0.4, 0.5) is 5.69 Å². The molecule has 1 aromatic rings. The van der Waals surface area contributed by atoms with Gasteiger partial charge in [0.2, 0.25) is 5.91 Å². The zero-order valence-corrected chi connectivity index (χ0v) is 8.79. The predicted octanol–water partition coefficient (Wildman–Crippen LogP) is 0.653. The maximum Gasteiger partial charge on any atom is 0.259 e. The van der Waals surface area contributed by atoms with Crippen LogP contribution in [-0.4, -0.2) is 14.7 Å². The third-order valence-electron chi connectivity index (χ3n) is 1.86. The van der Waals surface area contributed by atoms with Crippen LogP contribution in [-0.2, 0) is 22.5 Å². The number of aryl methyl sites for hydroxylation is 1. The molecule has 0 fully saturated rings. The number of para-hydroxylation sites is 1. The molecule has 5 nitrogen and oxygen atoms in total. The quantitative estimate of drug-likeness (QED) is 0.646. The number of nitrogens with one attached hydrogen (secondary N) is 1. The summed E-state index contributed by atoms with van der Waals surface area (Å²) in [6, 6.07) is 6.98. The Labute approximate surface area is 90.1 Å². The van der Waals surface area contributed by atoms with Crippen molar-refractivity contribution in [2.75, 3.05) is 4.72 Å². The Bertz CT molecular complexity index is 381. The summed E-state index contributed by atoms with van der Waals surface area (Å²) in [5.74, 6) is -0.394. The van der Waals surface area contributed by atoms with Crippen molar-refractivity contribution in [2.24, 2.45) is 5.73 Å². The molecule has 1 atom stereocenters. The molecular formula is C9H12N2O3S. The van der Waals surface area contributed by atoms with Gasteiger partial charge in [-0.2, -0.15) is 0 Å². The molecule has 1 unspecified atom stereocenters. The fraction of sp³-hybridized carbons (Fsp3) is 0.222. The first kappa shape index (κ1) is 11.7. The molecule has 0 saturated heterocycles. The molecule has 6 heteroatoms. The molecule has 15 heavy (non-hydrogen) atoms. The molecule has 0 aliphatic rings. The number of nitrogens with two attached hydrogens (primary N) is 1. The summed E-state index contributed by atoms with van der Waals surface area (Å²) >= 11 is -2.11. The van der Waals surface area contributed by atoms with E-state index in [9.17, 15) is 9.00 Å². The number of carbonyl (C=O) groups excluding carboxylic acids is 1. The summed E-state index contributed by atoms with van der Waals surface area (Å²) in [5.41, 5.74) is 6.35. The van der Waals surface area contributed by atoms with Gasteiger partial charge < -0.3 is 5.73 Å². The molecule has 0 aliphatic heterocycles. The average molecular weight is 228 g/mol. The number of primary amides is 1. The van der Waals surface area contributed by atoms with E-state index in [2.05, 4.69) is 4.72 Å². The summed E-state index contributed by atoms with van der Waals surface area (Å²) in [7, 11) is 0. The van der Waals surface area contributed by atoms with Crippen LogP contribution >= 0.6 is 0 Å². The van der Waals surface area contributed by atoms with Gasteiger partial charge in [0.1, 0.15) is 0 Å². The first-order chi connectivity index (χ1) is 7.09. The van der Waals surface area contributed by atoms with E-state index in [1.54, 1.807) is 24.3 Å². The van der Waals surface area contributed by atoms with Gasteiger partial charge in [0, 0.05) is 6.42 Å². The molecule has 1 aromatic carbocycles. The standard InChI is InChI=1S/C9H12N2O3S/c10-9(12)6-5-7-3-1-2-4-8(7)11-15(13)14/h1-4,11H,5-6H2,(H2,10,12)(H,13,14). The minimum absolute atomic E-state index is 0.219. The van der Waals surface area contributed by atoms with Crippen LogP contribution < -0.4 is 10.5 Å². The van der Waals surface area contributed by atoms with Crippen LogP contribution in [0.1, 0.15) is 12.0 Å². The minimum Gasteiger partial charge on any atom is -0.370 e. The first-order valence-electron chi connectivity index (χ1n) is 4.33. The number of carbonyl (C=O) groups is 1. The number of hydrogen-bond acceptors (Lipinski definition) is 2. The smallest absolute Gasteiger partial charge is 0.259 e. The summed E-state index contributed by atoms with van der Waals surface area (Å²) < 4.78 is 21.6. The van der Waals surface area contributed by atoms with Crippen LogP contribution in [0.2, 0.25) is 0 Å². The van der Waals surface area contributed by atoms with E-state index >= 15 is 0 Å². The number of hydrogen-bond donors (Lipinski definition) is 3. The zero-order chi connectivity index (χ0) is 11.3. The van der Waals surface area contributed by atoms with E-state index in [-0.39, 0.29) is 6.42 Å². The first-order valence-corrected chi connectivity index (χ1v) is 5.44. The topological polar surface area (TPSA) is 92.4 Å². The second-order valence-corrected chi connectivity index (χ2v) is 3.68. The maximum atomic E-state index is 10.6. The van der Waals surface area contributed by atoms with E-state index in [4.69, 9.17) is 10.3 Å². The molecule has 0 spiro atoms. The molecule has 0 aromatic heterocycles. The third kappa shape index (κ3) is 4.09. The molecule has 82 valence electrons. The normalized spacial score (nSPS) is 12.1. The summed E-state index contributed by atoms with van der Waals surface area (Å²) in [6.45, 7) is 0. The average Bonchev–Trinajstić information content (AvgIpc) is 2.15. The van der Waals surface area contributed by atoms with E-state index in [0.717, 1.165) is 5.56 Å². The van der Waals surface area contributed by atoms with Crippen molar-refractivity contribution in [3.8, 4) is 0 Å². The highest BCUT2D eigenvalue weighted by Crippen LogP contribution is 2.16. The van der Waals surface area contributed by atoms with Gasteiger partial charge in [-0.3, -0.25) is 14.1 Å². The highest BCUT2D eigenvalue weighted by Gasteiger charge is 2.04. The lowest BCUT2D eigenvalue weighted by atomic mass is 10.1. The Hall–Kier alpha value is -1.40. The number of rotatable bonds is 5. The van der Waals surface area contributed by atoms with Crippen molar-refractivity contribution < 1.29 is 13.6 Å². The molecule has 0 radical (unpaired) electrons. The van der Waals surface area contributed by atoms with Crippen molar-refractivity contribution in [2.45, 2.75) is 12.8 Å². The Morgan fingerprint density at radius 1 is 1.47 bits per heavy atom. The second-order valence-electron chi connectivity index (χ2n) is 2.97. The predicted molar refractivity (Wildman–Crippen MR) is 58.4 cm³/mol. The molecule has 0 heterocycles. The summed E-state index contributed by atoms with van der Waals surface area (Å²) in [5, 5.41) is 0. The lowest BCUT2D eigenvalue weighted by molar-refractivity contribution is -0.117. The Kier molecular flexibility index (Phi) is 4.26. The van der Waals surface area contributed by atoms with Gasteiger partial charge >= 0.3 is 0 Å². The molecule has 0 saturated carbocycles. The second kappa shape index (κ2) is 5.47. The van der Waals surface area contributed by atoms with Crippen molar-refractivity contribution in [3.63, 3.8) is 0 Å². The van der Waals surface area contributed by atoms with E-state index in [1.165, 1.54) is 0 Å². The summed E-state index contributed by atoms with van der Waals surface area (Å²) in [6.07, 6.45) is 0.673. The van der Waals surface area contributed by atoms with Gasteiger partial charge in [-0.15, -0.1) is 0 Å². The van der Waals surface area contributed by atoms with Gasteiger partial charge in [0.25, 0.3) is 11.3 Å². The highest BCUT2D eigenvalue weighted by atomic mass is 32.2. The number of benzene rings is 1. The monoisotopic (exact) mass is 228 g/mol. The fourth-order valence-corrected chi connectivity index (χ4v) is 1.58. The fourth-order valence-electron chi connectivity index (χ4n) is 1.19. The minimum atomic E-state index is -2.11. The van der Waals surface area contributed by atoms with Gasteiger partial charge in [-0.1, -0.05) is 18.2 Å². The molecule has 0 bridgehead atoms.